The van der Waals surface area contributed by atoms with Crippen molar-refractivity contribution in [3.05, 3.63) is 87.7 Å². The molecule has 0 saturated heterocycles. The smallest absolute Gasteiger partial charge is 0.233 e. The molecule has 0 radical (unpaired) electrons. The van der Waals surface area contributed by atoms with Crippen molar-refractivity contribution in [1.82, 2.24) is 5.16 Å². The molecule has 158 valence electrons. The Kier molecular flexibility index (Phi) is 4.69. The van der Waals surface area contributed by atoms with Crippen molar-refractivity contribution < 1.29 is 14.4 Å². The molecule has 5 heteroatoms. The number of carbonyl (C=O) groups is 1. The number of allylic oxidation sites excluding steroid dienone is 2. The number of hydrogen-bond acceptors (Lipinski definition) is 5. The monoisotopic (exact) mass is 414 g/mol. The summed E-state index contributed by atoms with van der Waals surface area (Å²) in [5.41, 5.74) is 6.91. The van der Waals surface area contributed by atoms with Crippen LogP contribution in [0.4, 0.5) is 5.88 Å². The number of hydrogen-bond donors (Lipinski definition) is 2. The van der Waals surface area contributed by atoms with Crippen LogP contribution in [0.15, 0.2) is 64.3 Å². The van der Waals surface area contributed by atoms with Gasteiger partial charge in [0.2, 0.25) is 5.88 Å². The maximum Gasteiger partial charge on any atom is 0.233 e. The molecule has 0 spiro atoms. The number of anilines is 1. The van der Waals surface area contributed by atoms with Crippen molar-refractivity contribution in [3.8, 4) is 5.75 Å². The van der Waals surface area contributed by atoms with Crippen molar-refractivity contribution in [2.24, 2.45) is 0 Å². The van der Waals surface area contributed by atoms with Gasteiger partial charge in [0.05, 0.1) is 11.3 Å². The van der Waals surface area contributed by atoms with Crippen molar-refractivity contribution in [2.75, 3.05) is 5.32 Å². The topological polar surface area (TPSA) is 75.4 Å². The first-order chi connectivity index (χ1) is 14.9. The van der Waals surface area contributed by atoms with Gasteiger partial charge in [0.15, 0.2) is 5.78 Å². The van der Waals surface area contributed by atoms with Crippen LogP contribution in [-0.4, -0.2) is 16.0 Å². The highest BCUT2D eigenvalue weighted by molar-refractivity contribution is 6.01. The molecule has 0 bridgehead atoms. The number of aromatic nitrogens is 1. The standard InChI is InChI=1S/C26H26N2O3/c1-14(2)16-4-6-18(7-5-16)24-23-15(3)28-31-26(23)27-21-12-19(13-22(30)25(21)24)17-8-10-20(29)11-9-17/h4-11,14,19,24,27,29H,12-13H2,1-3H3/t19-,24-/m1/s1. The number of rotatable bonds is 3. The van der Waals surface area contributed by atoms with Crippen LogP contribution in [0.1, 0.15) is 72.4 Å². The normalized spacial score (nSPS) is 20.5. The molecule has 3 aromatic rings. The van der Waals surface area contributed by atoms with Crippen molar-refractivity contribution in [3.63, 3.8) is 0 Å². The number of ketones is 1. The molecule has 5 rings (SSSR count). The summed E-state index contributed by atoms with van der Waals surface area (Å²) in [7, 11) is 0. The molecule has 2 heterocycles. The Labute approximate surface area is 181 Å². The average Bonchev–Trinajstić information content (AvgIpc) is 3.13. The Morgan fingerprint density at radius 1 is 1.03 bits per heavy atom. The highest BCUT2D eigenvalue weighted by Crippen LogP contribution is 2.49. The number of phenolic OH excluding ortho intramolecular Hbond substituents is 1. The molecule has 2 aliphatic rings. The SMILES string of the molecule is Cc1noc2c1[C@@H](c1ccc(C(C)C)cc1)C1=C(C[C@@H](c3ccc(O)cc3)CC1=O)N2. The number of aryl methyl sites for hydroxylation is 1. The Morgan fingerprint density at radius 2 is 1.71 bits per heavy atom. The number of benzene rings is 2. The molecular weight excluding hydrogens is 388 g/mol. The summed E-state index contributed by atoms with van der Waals surface area (Å²) < 4.78 is 5.60. The Bertz CT molecular complexity index is 1170. The Balaban J connectivity index is 1.58. The number of fused-ring (bicyclic) bond motifs is 1. The molecule has 1 aliphatic carbocycles. The number of carbonyl (C=O) groups excluding carboxylic acids is 1. The van der Waals surface area contributed by atoms with Crippen molar-refractivity contribution in [2.45, 2.75) is 51.4 Å². The lowest BCUT2D eigenvalue weighted by Crippen LogP contribution is -2.29. The fourth-order valence-electron chi connectivity index (χ4n) is 4.86. The summed E-state index contributed by atoms with van der Waals surface area (Å²) in [4.78, 5) is 13.5. The quantitative estimate of drug-likeness (QED) is 0.569. The summed E-state index contributed by atoms with van der Waals surface area (Å²) in [6.45, 7) is 6.28. The second kappa shape index (κ2) is 7.41. The molecule has 0 amide bonds. The molecule has 2 N–H and O–H groups in total. The average molecular weight is 415 g/mol. The van der Waals surface area contributed by atoms with Crippen LogP contribution in [0.2, 0.25) is 0 Å². The zero-order chi connectivity index (χ0) is 21.7. The van der Waals surface area contributed by atoms with Gasteiger partial charge in [-0.3, -0.25) is 4.79 Å². The van der Waals surface area contributed by atoms with Crippen LogP contribution in [0.3, 0.4) is 0 Å². The third kappa shape index (κ3) is 3.34. The first-order valence-electron chi connectivity index (χ1n) is 10.8. The number of Topliss-reactive ketones (excluding diaryl/α,β-unsaturated/α-hetero) is 1. The van der Waals surface area contributed by atoms with Gasteiger partial charge in [-0.2, -0.15) is 0 Å². The number of phenols is 1. The summed E-state index contributed by atoms with van der Waals surface area (Å²) in [6.07, 6.45) is 1.16. The van der Waals surface area contributed by atoms with Crippen LogP contribution >= 0.6 is 0 Å². The third-order valence-electron chi connectivity index (χ3n) is 6.56. The highest BCUT2D eigenvalue weighted by atomic mass is 16.5. The van der Waals surface area contributed by atoms with Gasteiger partial charge in [0.25, 0.3) is 0 Å². The molecule has 0 fully saturated rings. The second-order valence-electron chi connectivity index (χ2n) is 8.90. The molecule has 5 nitrogen and oxygen atoms in total. The van der Waals surface area contributed by atoms with E-state index in [-0.39, 0.29) is 23.4 Å². The van der Waals surface area contributed by atoms with Gasteiger partial charge in [-0.15, -0.1) is 0 Å². The second-order valence-corrected chi connectivity index (χ2v) is 8.90. The van der Waals surface area contributed by atoms with E-state index in [1.165, 1.54) is 5.56 Å². The Morgan fingerprint density at radius 3 is 2.39 bits per heavy atom. The van der Waals surface area contributed by atoms with Crippen LogP contribution < -0.4 is 5.32 Å². The van der Waals surface area contributed by atoms with Gasteiger partial charge in [-0.1, -0.05) is 55.4 Å². The van der Waals surface area contributed by atoms with Crippen LogP contribution in [0.25, 0.3) is 0 Å². The van der Waals surface area contributed by atoms with E-state index in [2.05, 4.69) is 48.6 Å². The van der Waals surface area contributed by atoms with Gasteiger partial charge in [-0.25, -0.2) is 0 Å². The molecule has 1 aliphatic heterocycles. The first-order valence-corrected chi connectivity index (χ1v) is 10.8. The van der Waals surface area contributed by atoms with Crippen LogP contribution in [-0.2, 0) is 4.79 Å². The number of nitrogens with zero attached hydrogens (tertiary/aromatic N) is 1. The minimum Gasteiger partial charge on any atom is -0.508 e. The summed E-state index contributed by atoms with van der Waals surface area (Å²) in [5.74, 6) is 1.35. The van der Waals surface area contributed by atoms with E-state index < -0.39 is 0 Å². The van der Waals surface area contributed by atoms with E-state index in [9.17, 15) is 9.90 Å². The lowest BCUT2D eigenvalue weighted by atomic mass is 9.72. The predicted molar refractivity (Wildman–Crippen MR) is 119 cm³/mol. The molecular formula is C26H26N2O3. The van der Waals surface area contributed by atoms with Crippen LogP contribution in [0.5, 0.6) is 5.75 Å². The van der Waals surface area contributed by atoms with E-state index in [0.29, 0.717) is 24.6 Å². The predicted octanol–water partition coefficient (Wildman–Crippen LogP) is 5.77. The molecule has 2 atom stereocenters. The van der Waals surface area contributed by atoms with E-state index in [1.807, 2.05) is 19.1 Å². The molecule has 31 heavy (non-hydrogen) atoms. The van der Waals surface area contributed by atoms with E-state index in [1.54, 1.807) is 12.1 Å². The minimum atomic E-state index is -0.174. The van der Waals surface area contributed by atoms with Crippen LogP contribution in [0, 0.1) is 6.92 Å². The highest BCUT2D eigenvalue weighted by Gasteiger charge is 2.41. The van der Waals surface area contributed by atoms with Gasteiger partial charge in [0.1, 0.15) is 5.75 Å². The summed E-state index contributed by atoms with van der Waals surface area (Å²) in [6, 6.07) is 15.7. The van der Waals surface area contributed by atoms with Gasteiger partial charge < -0.3 is 14.9 Å². The van der Waals surface area contributed by atoms with Gasteiger partial charge in [0, 0.05) is 23.6 Å². The zero-order valence-corrected chi connectivity index (χ0v) is 18.0. The van der Waals surface area contributed by atoms with Crippen molar-refractivity contribution >= 4 is 11.7 Å². The first kappa shape index (κ1) is 19.6. The molecule has 1 aromatic heterocycles. The zero-order valence-electron chi connectivity index (χ0n) is 18.0. The van der Waals surface area contributed by atoms with E-state index in [4.69, 9.17) is 4.52 Å². The fourth-order valence-corrected chi connectivity index (χ4v) is 4.86. The third-order valence-corrected chi connectivity index (χ3v) is 6.56. The van der Waals surface area contributed by atoms with Gasteiger partial charge >= 0.3 is 0 Å². The molecule has 2 aromatic carbocycles. The number of aromatic hydroxyl groups is 1. The minimum absolute atomic E-state index is 0.0638. The number of nitrogens with one attached hydrogen (secondary N) is 1. The maximum absolute atomic E-state index is 13.5. The van der Waals surface area contributed by atoms with Gasteiger partial charge in [-0.05, 0) is 54.0 Å². The summed E-state index contributed by atoms with van der Waals surface area (Å²) >= 11 is 0. The maximum atomic E-state index is 13.5. The largest absolute Gasteiger partial charge is 0.508 e. The lowest BCUT2D eigenvalue weighted by molar-refractivity contribution is -0.116. The van der Waals surface area contributed by atoms with E-state index in [0.717, 1.165) is 33.7 Å². The molecule has 0 saturated carbocycles. The van der Waals surface area contributed by atoms with E-state index >= 15 is 0 Å². The summed E-state index contributed by atoms with van der Waals surface area (Å²) in [5, 5.41) is 17.2. The lowest BCUT2D eigenvalue weighted by Gasteiger charge is -2.34. The molecule has 0 unspecified atom stereocenters. The Hall–Kier alpha value is -3.34. The van der Waals surface area contributed by atoms with Crippen molar-refractivity contribution in [1.29, 1.82) is 0 Å². The fraction of sp³-hybridized carbons (Fsp3) is 0.308.